The molecule has 1 aromatic carbocycles. The lowest BCUT2D eigenvalue weighted by molar-refractivity contribution is -0.112. The second kappa shape index (κ2) is 6.00. The summed E-state index contributed by atoms with van der Waals surface area (Å²) in [5, 5.41) is 2.83. The summed E-state index contributed by atoms with van der Waals surface area (Å²) in [6.45, 7) is 2.37. The molecule has 0 unspecified atom stereocenters. The number of carbonyl (C=O) groups is 1. The molecule has 7 heteroatoms. The topological polar surface area (TPSA) is 78.8 Å². The number of amides is 1. The second-order valence-electron chi connectivity index (χ2n) is 5.35. The van der Waals surface area contributed by atoms with Gasteiger partial charge in [0.05, 0.1) is 11.3 Å². The molecule has 0 aliphatic carbocycles. The van der Waals surface area contributed by atoms with E-state index in [2.05, 4.69) is 16.6 Å². The molecule has 0 radical (unpaired) electrons. The first-order valence-electron chi connectivity index (χ1n) is 7.36. The van der Waals surface area contributed by atoms with Crippen molar-refractivity contribution in [1.82, 2.24) is 4.90 Å². The van der Waals surface area contributed by atoms with Crippen LogP contribution in [0.5, 0.6) is 0 Å². The molecule has 6 nitrogen and oxygen atoms in total. The lowest BCUT2D eigenvalue weighted by atomic mass is 10.1. The second-order valence-corrected chi connectivity index (χ2v) is 7.11. The minimum Gasteiger partial charge on any atom is -0.330 e. The van der Waals surface area contributed by atoms with Crippen LogP contribution in [0.4, 0.5) is 5.69 Å². The lowest BCUT2D eigenvalue weighted by Gasteiger charge is -2.26. The maximum absolute atomic E-state index is 12.3. The number of aryl methyl sites for hydroxylation is 1. The largest absolute Gasteiger partial charge is 0.330 e. The summed E-state index contributed by atoms with van der Waals surface area (Å²) in [5.41, 5.74) is 2.39. The first kappa shape index (κ1) is 15.5. The van der Waals surface area contributed by atoms with Crippen LogP contribution in [-0.4, -0.2) is 37.4 Å². The number of hydrogen-bond donors (Lipinski definition) is 1. The highest BCUT2D eigenvalue weighted by molar-refractivity contribution is 7.90. The molecule has 0 aromatic heterocycles. The van der Waals surface area contributed by atoms with E-state index < -0.39 is 10.0 Å². The van der Waals surface area contributed by atoms with Crippen molar-refractivity contribution in [2.24, 2.45) is 4.40 Å². The maximum Gasteiger partial charge on any atom is 0.257 e. The van der Waals surface area contributed by atoms with Gasteiger partial charge in [-0.2, -0.15) is 0 Å². The quantitative estimate of drug-likeness (QED) is 0.914. The van der Waals surface area contributed by atoms with Crippen molar-refractivity contribution in [3.05, 3.63) is 53.8 Å². The summed E-state index contributed by atoms with van der Waals surface area (Å²) in [5.74, 6) is 0.0619. The fourth-order valence-electron chi connectivity index (χ4n) is 2.36. The van der Waals surface area contributed by atoms with Gasteiger partial charge in [-0.3, -0.25) is 4.79 Å². The Morgan fingerprint density at radius 2 is 2.00 bits per heavy atom. The van der Waals surface area contributed by atoms with Gasteiger partial charge in [-0.1, -0.05) is 19.1 Å². The number of nitrogens with zero attached hydrogens (tertiary/aromatic N) is 2. The molecule has 3 rings (SSSR count). The predicted molar refractivity (Wildman–Crippen MR) is 89.6 cm³/mol. The van der Waals surface area contributed by atoms with E-state index in [0.29, 0.717) is 18.0 Å². The Balaban J connectivity index is 1.74. The standard InChI is InChI=1S/C16H17N3O3S/c1-2-12-3-6-14(7-4-12)17-16(20)13-5-8-15-18-23(21,22)10-9-19(15)11-13/h3-8,11H,2,9-10H2,1H3,(H,17,20). The Hall–Kier alpha value is -2.41. The van der Waals surface area contributed by atoms with Crippen LogP contribution >= 0.6 is 0 Å². The summed E-state index contributed by atoms with van der Waals surface area (Å²) in [6, 6.07) is 7.68. The van der Waals surface area contributed by atoms with Gasteiger partial charge in [-0.15, -0.1) is 4.40 Å². The first-order valence-corrected chi connectivity index (χ1v) is 8.97. The number of anilines is 1. The molecule has 2 aliphatic rings. The van der Waals surface area contributed by atoms with E-state index in [9.17, 15) is 13.2 Å². The smallest absolute Gasteiger partial charge is 0.257 e. The number of fused-ring (bicyclic) bond motifs is 1. The molecule has 23 heavy (non-hydrogen) atoms. The number of nitrogens with one attached hydrogen (secondary N) is 1. The highest BCUT2D eigenvalue weighted by Gasteiger charge is 2.24. The lowest BCUT2D eigenvalue weighted by Crippen LogP contribution is -2.37. The zero-order chi connectivity index (χ0) is 16.4. The van der Waals surface area contributed by atoms with Gasteiger partial charge in [0.1, 0.15) is 5.84 Å². The summed E-state index contributed by atoms with van der Waals surface area (Å²) in [7, 11) is -3.38. The Kier molecular flexibility index (Phi) is 4.04. The predicted octanol–water partition coefficient (Wildman–Crippen LogP) is 1.69. The monoisotopic (exact) mass is 331 g/mol. The van der Waals surface area contributed by atoms with Gasteiger partial charge in [-0.05, 0) is 36.3 Å². The van der Waals surface area contributed by atoms with E-state index in [1.165, 1.54) is 5.56 Å². The van der Waals surface area contributed by atoms with Crippen LogP contribution in [0, 0.1) is 0 Å². The third kappa shape index (κ3) is 3.50. The number of rotatable bonds is 3. The van der Waals surface area contributed by atoms with Crippen LogP contribution in [0.2, 0.25) is 0 Å². The van der Waals surface area contributed by atoms with Crippen LogP contribution in [-0.2, 0) is 21.2 Å². The molecule has 1 amide bonds. The fourth-order valence-corrected chi connectivity index (χ4v) is 3.33. The summed E-state index contributed by atoms with van der Waals surface area (Å²) in [4.78, 5) is 14.0. The van der Waals surface area contributed by atoms with Crippen LogP contribution in [0.15, 0.2) is 52.6 Å². The van der Waals surface area contributed by atoms with Crippen molar-refractivity contribution in [1.29, 1.82) is 0 Å². The van der Waals surface area contributed by atoms with Crippen molar-refractivity contribution < 1.29 is 13.2 Å². The van der Waals surface area contributed by atoms with E-state index in [-0.39, 0.29) is 11.7 Å². The minimum atomic E-state index is -3.38. The van der Waals surface area contributed by atoms with Gasteiger partial charge in [0, 0.05) is 18.4 Å². The van der Waals surface area contributed by atoms with Crippen molar-refractivity contribution >= 4 is 27.5 Å². The van der Waals surface area contributed by atoms with Gasteiger partial charge < -0.3 is 10.2 Å². The fraction of sp³-hybridized carbons (Fsp3) is 0.250. The van der Waals surface area contributed by atoms with Crippen LogP contribution < -0.4 is 5.32 Å². The highest BCUT2D eigenvalue weighted by atomic mass is 32.2. The van der Waals surface area contributed by atoms with Crippen LogP contribution in [0.1, 0.15) is 12.5 Å². The third-order valence-corrected chi connectivity index (χ3v) is 4.87. The van der Waals surface area contributed by atoms with Crippen molar-refractivity contribution in [3.63, 3.8) is 0 Å². The van der Waals surface area contributed by atoms with Gasteiger partial charge in [0.15, 0.2) is 0 Å². The summed E-state index contributed by atoms with van der Waals surface area (Å²) in [6.07, 6.45) is 5.70. The molecule has 0 fully saturated rings. The Bertz CT molecular complexity index is 821. The Morgan fingerprint density at radius 1 is 1.26 bits per heavy atom. The molecular formula is C16H17N3O3S. The summed E-state index contributed by atoms with van der Waals surface area (Å²) < 4.78 is 26.6. The molecule has 2 heterocycles. The van der Waals surface area contributed by atoms with Crippen molar-refractivity contribution in [2.75, 3.05) is 17.6 Å². The average Bonchev–Trinajstić information content (AvgIpc) is 2.54. The number of carbonyl (C=O) groups excluding carboxylic acids is 1. The molecule has 1 N–H and O–H groups in total. The van der Waals surface area contributed by atoms with Crippen LogP contribution in [0.3, 0.4) is 0 Å². The minimum absolute atomic E-state index is 0.0474. The van der Waals surface area contributed by atoms with Gasteiger partial charge in [-0.25, -0.2) is 8.42 Å². The van der Waals surface area contributed by atoms with E-state index in [4.69, 9.17) is 0 Å². The Morgan fingerprint density at radius 3 is 2.70 bits per heavy atom. The zero-order valence-corrected chi connectivity index (χ0v) is 13.5. The molecule has 1 aromatic rings. The van der Waals surface area contributed by atoms with Crippen molar-refractivity contribution in [2.45, 2.75) is 13.3 Å². The molecule has 0 spiro atoms. The summed E-state index contributed by atoms with van der Waals surface area (Å²) >= 11 is 0. The van der Waals surface area contributed by atoms with E-state index >= 15 is 0 Å². The number of sulfonamides is 1. The first-order chi connectivity index (χ1) is 11.0. The number of benzene rings is 1. The molecule has 0 atom stereocenters. The van der Waals surface area contributed by atoms with Crippen LogP contribution in [0.25, 0.3) is 0 Å². The molecule has 0 saturated carbocycles. The highest BCUT2D eigenvalue weighted by Crippen LogP contribution is 2.17. The van der Waals surface area contributed by atoms with E-state index in [0.717, 1.165) is 12.1 Å². The molecular weight excluding hydrogens is 314 g/mol. The van der Waals surface area contributed by atoms with Gasteiger partial charge in [0.25, 0.3) is 15.9 Å². The van der Waals surface area contributed by atoms with E-state index in [1.54, 1.807) is 23.3 Å². The van der Waals surface area contributed by atoms with E-state index in [1.807, 2.05) is 24.3 Å². The normalized spacial score (nSPS) is 18.7. The Labute approximate surface area is 135 Å². The third-order valence-electron chi connectivity index (χ3n) is 3.71. The molecule has 120 valence electrons. The SMILES string of the molecule is CCc1ccc(NC(=O)C2=CN3CCS(=O)(=O)N=C3C=C2)cc1. The molecule has 0 bridgehead atoms. The molecule has 0 saturated heterocycles. The number of amidine groups is 1. The van der Waals surface area contributed by atoms with Gasteiger partial charge in [0.2, 0.25) is 0 Å². The average molecular weight is 331 g/mol. The molecule has 2 aliphatic heterocycles. The maximum atomic E-state index is 12.3. The zero-order valence-electron chi connectivity index (χ0n) is 12.7. The van der Waals surface area contributed by atoms with Crippen molar-refractivity contribution in [3.8, 4) is 0 Å². The van der Waals surface area contributed by atoms with Gasteiger partial charge >= 0.3 is 0 Å². The number of hydrogen-bond acceptors (Lipinski definition) is 4.